The van der Waals surface area contributed by atoms with E-state index in [9.17, 15) is 24.1 Å². The third-order valence-corrected chi connectivity index (χ3v) is 5.26. The van der Waals surface area contributed by atoms with Crippen LogP contribution >= 0.6 is 11.0 Å². The van der Waals surface area contributed by atoms with Crippen molar-refractivity contribution in [1.29, 1.82) is 0 Å². The maximum atomic E-state index is 10.5. The predicted octanol–water partition coefficient (Wildman–Crippen LogP) is 0.768. The molecular formula is C13H18KN3O6S. The van der Waals surface area contributed by atoms with Gasteiger partial charge in [-0.05, 0) is 19.1 Å². The number of aliphatic hydroxyl groups excluding tert-OH is 1. The second kappa shape index (κ2) is 7.49. The van der Waals surface area contributed by atoms with Crippen LogP contribution < -0.4 is 9.03 Å². The van der Waals surface area contributed by atoms with Crippen LogP contribution in [0.25, 0.3) is 10.9 Å². The van der Waals surface area contributed by atoms with Crippen molar-refractivity contribution in [3.63, 3.8) is 0 Å². The average Bonchev–Trinajstić information content (AvgIpc) is 2.97. The normalized spacial score (nSPS) is 22.0. The van der Waals surface area contributed by atoms with Gasteiger partial charge in [-0.2, -0.15) is 4.72 Å². The summed E-state index contributed by atoms with van der Waals surface area (Å²) < 4.78 is 28.2. The summed E-state index contributed by atoms with van der Waals surface area (Å²) in [6.07, 6.45) is 0.0365. The monoisotopic (exact) mass is 383 g/mol. The summed E-state index contributed by atoms with van der Waals surface area (Å²) in [7, 11) is -3.41. The maximum absolute atomic E-state index is 10.5. The van der Waals surface area contributed by atoms with Crippen molar-refractivity contribution >= 4 is 85.4 Å². The molecule has 11 heteroatoms. The van der Waals surface area contributed by atoms with E-state index in [2.05, 4.69) is 9.71 Å². The standard InChI is InChI=1S/C13H17N3O6S.K.H/c1-7(22-6-17)9-4-14-10-3-11(12(18)2-8(9)10)16-5-13(19)15-23(16,20)21;;/h2-4,6-7,13-15,18-21H,5H2,1H3;;. The summed E-state index contributed by atoms with van der Waals surface area (Å²) in [6, 6.07) is 2.98. The van der Waals surface area contributed by atoms with Crippen LogP contribution in [0.4, 0.5) is 5.69 Å². The van der Waals surface area contributed by atoms with Crippen molar-refractivity contribution in [1.82, 2.24) is 9.71 Å². The number of ether oxygens (including phenoxy) is 1. The first kappa shape index (κ1) is 20.0. The molecule has 6 N–H and O–H groups in total. The molecule has 1 aromatic carbocycles. The van der Waals surface area contributed by atoms with E-state index in [0.29, 0.717) is 22.9 Å². The van der Waals surface area contributed by atoms with Gasteiger partial charge in [-0.1, -0.05) is 11.0 Å². The average molecular weight is 383 g/mol. The molecule has 2 atom stereocenters. The van der Waals surface area contributed by atoms with Crippen LogP contribution in [-0.4, -0.2) is 94.9 Å². The molecule has 0 radical (unpaired) electrons. The number of anilines is 1. The molecule has 1 aliphatic heterocycles. The number of benzene rings is 1. The summed E-state index contributed by atoms with van der Waals surface area (Å²) in [5.41, 5.74) is 1.46. The van der Waals surface area contributed by atoms with Crippen molar-refractivity contribution in [2.45, 2.75) is 19.3 Å². The Morgan fingerprint density at radius 3 is 2.75 bits per heavy atom. The molecule has 0 spiro atoms. The Morgan fingerprint density at radius 1 is 1.46 bits per heavy atom. The van der Waals surface area contributed by atoms with Crippen LogP contribution in [0.2, 0.25) is 0 Å². The van der Waals surface area contributed by atoms with Gasteiger partial charge in [-0.25, -0.2) is 0 Å². The SMILES string of the molecule is CC(OC=O)c1c[nH]c2cc(N3CC(O)NS3(O)O)c(O)cc12.[KH]. The van der Waals surface area contributed by atoms with E-state index in [0.717, 1.165) is 4.31 Å². The van der Waals surface area contributed by atoms with Gasteiger partial charge in [0.15, 0.2) is 0 Å². The third kappa shape index (κ3) is 3.60. The number of β-amino-alcohol motifs (C(OH)–C–C–N with tert-alkyl or cyclic N) is 1. The van der Waals surface area contributed by atoms with Crippen LogP contribution in [-0.2, 0) is 9.53 Å². The molecule has 2 heterocycles. The van der Waals surface area contributed by atoms with E-state index in [4.69, 9.17) is 4.74 Å². The molecular weight excluding hydrogens is 365 g/mol. The Bertz CT molecular complexity index is 755. The molecule has 1 saturated heterocycles. The van der Waals surface area contributed by atoms with Crippen LogP contribution in [0, 0.1) is 0 Å². The van der Waals surface area contributed by atoms with E-state index < -0.39 is 23.3 Å². The number of hydrogen-bond donors (Lipinski definition) is 6. The van der Waals surface area contributed by atoms with E-state index in [1.807, 2.05) is 0 Å². The summed E-state index contributed by atoms with van der Waals surface area (Å²) in [4.78, 5) is 13.5. The zero-order valence-electron chi connectivity index (χ0n) is 12.1. The van der Waals surface area contributed by atoms with Crippen LogP contribution in [0.15, 0.2) is 18.3 Å². The number of aromatic nitrogens is 1. The predicted molar refractivity (Wildman–Crippen MR) is 92.0 cm³/mol. The van der Waals surface area contributed by atoms with Crippen molar-refractivity contribution in [3.8, 4) is 5.75 Å². The van der Waals surface area contributed by atoms with Crippen molar-refractivity contribution in [3.05, 3.63) is 23.9 Å². The van der Waals surface area contributed by atoms with Gasteiger partial charge in [0.2, 0.25) is 0 Å². The fourth-order valence-electron chi connectivity index (χ4n) is 2.64. The molecule has 0 amide bonds. The molecule has 0 aliphatic carbocycles. The Kier molecular flexibility index (Phi) is 6.24. The number of aromatic amines is 1. The zero-order valence-corrected chi connectivity index (χ0v) is 12.9. The molecule has 1 fully saturated rings. The second-order valence-corrected chi connectivity index (χ2v) is 6.93. The van der Waals surface area contributed by atoms with Gasteiger partial charge in [0.05, 0.1) is 6.54 Å². The number of nitrogens with one attached hydrogen (secondary N) is 2. The molecule has 0 saturated carbocycles. The summed E-state index contributed by atoms with van der Waals surface area (Å²) in [5.74, 6) is -0.187. The Hall–Kier alpha value is -0.344. The molecule has 1 aromatic heterocycles. The second-order valence-electron chi connectivity index (χ2n) is 5.22. The van der Waals surface area contributed by atoms with Gasteiger partial charge >= 0.3 is 51.4 Å². The number of hydrogen-bond acceptors (Lipinski definition) is 8. The van der Waals surface area contributed by atoms with Gasteiger partial charge in [0, 0.05) is 22.7 Å². The molecule has 24 heavy (non-hydrogen) atoms. The Labute approximate surface area is 182 Å². The first-order chi connectivity index (χ1) is 10.8. The third-order valence-electron chi connectivity index (χ3n) is 3.72. The van der Waals surface area contributed by atoms with E-state index in [-0.39, 0.29) is 69.4 Å². The number of rotatable bonds is 4. The first-order valence-corrected chi connectivity index (χ1v) is 8.28. The topological polar surface area (TPSA) is 138 Å². The quantitative estimate of drug-likeness (QED) is 0.336. The van der Waals surface area contributed by atoms with Crippen molar-refractivity contribution in [2.24, 2.45) is 0 Å². The van der Waals surface area contributed by atoms with Crippen LogP contribution in [0.1, 0.15) is 18.6 Å². The molecule has 0 bridgehead atoms. The molecule has 1 aliphatic rings. The van der Waals surface area contributed by atoms with Crippen LogP contribution in [0.3, 0.4) is 0 Å². The number of aromatic hydroxyl groups is 1. The van der Waals surface area contributed by atoms with Gasteiger partial charge in [0.1, 0.15) is 23.8 Å². The van der Waals surface area contributed by atoms with E-state index in [1.54, 1.807) is 13.1 Å². The number of phenolic OH excluding ortho intramolecular Hbond substituents is 1. The summed E-state index contributed by atoms with van der Waals surface area (Å²) in [6.45, 7) is 1.96. The van der Waals surface area contributed by atoms with Gasteiger partial charge in [0.25, 0.3) is 6.47 Å². The van der Waals surface area contributed by atoms with Crippen LogP contribution in [0.5, 0.6) is 5.75 Å². The number of aliphatic hydroxyl groups is 1. The van der Waals surface area contributed by atoms with E-state index in [1.165, 1.54) is 12.1 Å². The Balaban J connectivity index is 0.00000208. The fourth-order valence-corrected chi connectivity index (χ4v) is 3.98. The minimum absolute atomic E-state index is 0. The van der Waals surface area contributed by atoms with Gasteiger partial charge in [-0.15, -0.1) is 0 Å². The van der Waals surface area contributed by atoms with Crippen molar-refractivity contribution < 1.29 is 28.8 Å². The fraction of sp³-hybridized carbons (Fsp3) is 0.308. The molecule has 2 unspecified atom stereocenters. The summed E-state index contributed by atoms with van der Waals surface area (Å²) >= 11 is 0. The molecule has 128 valence electrons. The number of fused-ring (bicyclic) bond motifs is 1. The molecule has 2 aromatic rings. The van der Waals surface area contributed by atoms with Gasteiger partial charge in [-0.3, -0.25) is 18.2 Å². The van der Waals surface area contributed by atoms with Crippen molar-refractivity contribution in [2.75, 3.05) is 10.8 Å². The first-order valence-electron chi connectivity index (χ1n) is 6.78. The molecule has 3 rings (SSSR count). The number of carbonyl (C=O) groups excluding carboxylic acids is 1. The van der Waals surface area contributed by atoms with E-state index >= 15 is 0 Å². The number of phenols is 1. The van der Waals surface area contributed by atoms with Gasteiger partial charge < -0.3 is 19.9 Å². The minimum atomic E-state index is -3.41. The number of nitrogens with zero attached hydrogens (tertiary/aromatic N) is 1. The molecule has 9 nitrogen and oxygen atoms in total. The summed E-state index contributed by atoms with van der Waals surface area (Å²) in [5, 5.41) is 20.4. The number of carbonyl (C=O) groups is 1. The number of H-pyrrole nitrogens is 1. The Morgan fingerprint density at radius 2 is 2.17 bits per heavy atom. The zero-order chi connectivity index (χ0) is 16.8.